The Bertz CT molecular complexity index is 590. The van der Waals surface area contributed by atoms with Crippen LogP contribution in [-0.4, -0.2) is 127 Å². The number of aliphatic hydroxyl groups is 1. The van der Waals surface area contributed by atoms with E-state index in [0.29, 0.717) is 52.7 Å². The summed E-state index contributed by atoms with van der Waals surface area (Å²) in [6.45, 7) is 18.9. The van der Waals surface area contributed by atoms with Gasteiger partial charge in [-0.15, -0.1) is 0 Å². The van der Waals surface area contributed by atoms with Crippen LogP contribution in [0.4, 0.5) is 4.79 Å². The van der Waals surface area contributed by atoms with Crippen LogP contribution in [0, 0.1) is 0 Å². The highest BCUT2D eigenvalue weighted by molar-refractivity contribution is 6.71. The lowest BCUT2D eigenvalue weighted by Gasteiger charge is -2.21. The molecule has 14 heteroatoms. The summed E-state index contributed by atoms with van der Waals surface area (Å²) in [6.07, 6.45) is 3.00. The third-order valence-electron chi connectivity index (χ3n) is 4.97. The van der Waals surface area contributed by atoms with Gasteiger partial charge in [0.2, 0.25) is 6.08 Å². The molecule has 2 N–H and O–H groups in total. The fraction of sp³-hybridized carbons (Fsp3) is 0.923. The van der Waals surface area contributed by atoms with Crippen molar-refractivity contribution < 1.29 is 47.2 Å². The number of nitrogens with one attached hydrogen (secondary N) is 1. The minimum absolute atomic E-state index is 0.0870. The zero-order chi connectivity index (χ0) is 31.0. The van der Waals surface area contributed by atoms with Crippen molar-refractivity contribution in [2.24, 2.45) is 4.99 Å². The molecule has 0 radical (unpaired) electrons. The predicted molar refractivity (Wildman–Crippen MR) is 162 cm³/mol. The Hall–Kier alpha value is -1.20. The average molecular weight is 615 g/mol. The van der Waals surface area contributed by atoms with Crippen molar-refractivity contribution >= 4 is 28.8 Å². The van der Waals surface area contributed by atoms with Crippen molar-refractivity contribution in [2.75, 3.05) is 93.4 Å². The second kappa shape index (κ2) is 32.3. The molecule has 0 bridgehead atoms. The lowest BCUT2D eigenvalue weighted by atomic mass is 10.5. The summed E-state index contributed by atoms with van der Waals surface area (Å²) >= 11 is 0. The van der Waals surface area contributed by atoms with Crippen molar-refractivity contribution in [1.29, 1.82) is 0 Å². The highest BCUT2D eigenvalue weighted by Gasteiger charge is 2.21. The average Bonchev–Trinajstić information content (AvgIpc) is 2.90. The van der Waals surface area contributed by atoms with E-state index in [2.05, 4.69) is 41.2 Å². The van der Waals surface area contributed by atoms with E-state index in [1.165, 1.54) is 6.08 Å². The van der Waals surface area contributed by atoms with Crippen LogP contribution in [0.2, 0.25) is 38.3 Å². The number of nitrogens with zero attached hydrogens (tertiary/aromatic N) is 1. The largest absolute Gasteiger partial charge is 0.447 e. The van der Waals surface area contributed by atoms with Crippen molar-refractivity contribution in [3.05, 3.63) is 0 Å². The molecule has 0 spiro atoms. The van der Waals surface area contributed by atoms with E-state index in [0.717, 1.165) is 38.1 Å². The van der Waals surface area contributed by atoms with Crippen molar-refractivity contribution in [3.8, 4) is 0 Å². The van der Waals surface area contributed by atoms with E-state index in [9.17, 15) is 9.59 Å². The Balaban J connectivity index is -0.000000578. The minimum atomic E-state index is -1.54. The molecule has 0 atom stereocenters. The maximum atomic E-state index is 11.3. The van der Waals surface area contributed by atoms with E-state index < -0.39 is 22.7 Å². The molecule has 0 unspecified atom stereocenters. The number of methoxy groups -OCH3 is 2. The predicted octanol–water partition coefficient (Wildman–Crippen LogP) is 3.60. The first-order valence-electron chi connectivity index (χ1n) is 14.0. The van der Waals surface area contributed by atoms with Crippen molar-refractivity contribution in [3.63, 3.8) is 0 Å². The zero-order valence-corrected chi connectivity index (χ0v) is 28.4. The first-order valence-corrected chi connectivity index (χ1v) is 20.2. The number of carbonyl (C=O) groups excluding carboxylic acids is 2. The molecule has 0 aromatic rings. The molecule has 0 aromatic carbocycles. The van der Waals surface area contributed by atoms with Gasteiger partial charge in [-0.2, -0.15) is 0 Å². The fourth-order valence-corrected chi connectivity index (χ4v) is 6.95. The highest BCUT2D eigenvalue weighted by atomic mass is 28.4. The molecule has 12 nitrogen and oxygen atoms in total. The Morgan fingerprint density at radius 2 is 1.30 bits per heavy atom. The Labute approximate surface area is 244 Å². The van der Waals surface area contributed by atoms with Gasteiger partial charge < -0.3 is 43.0 Å². The molecule has 40 heavy (non-hydrogen) atoms. The molecule has 0 aromatic heterocycles. The molecule has 0 heterocycles. The van der Waals surface area contributed by atoms with Crippen LogP contribution in [0.15, 0.2) is 4.99 Å². The molecule has 0 saturated carbocycles. The van der Waals surface area contributed by atoms with Gasteiger partial charge in [-0.3, -0.25) is 0 Å². The van der Waals surface area contributed by atoms with Gasteiger partial charge in [0, 0.05) is 34.0 Å². The highest BCUT2D eigenvalue weighted by Crippen LogP contribution is 2.13. The van der Waals surface area contributed by atoms with Gasteiger partial charge in [0.15, 0.2) is 16.6 Å². The van der Waals surface area contributed by atoms with Crippen LogP contribution in [0.5, 0.6) is 0 Å². The van der Waals surface area contributed by atoms with E-state index in [4.69, 9.17) is 32.9 Å². The van der Waals surface area contributed by atoms with Crippen LogP contribution in [0.3, 0.4) is 0 Å². The number of isocyanates is 1. The van der Waals surface area contributed by atoms with Gasteiger partial charge in [-0.25, -0.2) is 14.6 Å². The van der Waals surface area contributed by atoms with Gasteiger partial charge in [0.1, 0.15) is 6.61 Å². The molecule has 0 aliphatic rings. The van der Waals surface area contributed by atoms with Crippen LogP contribution < -0.4 is 5.32 Å². The summed E-state index contributed by atoms with van der Waals surface area (Å²) in [6, 6.07) is 2.09. The third-order valence-corrected chi connectivity index (χ3v) is 10.2. The Morgan fingerprint density at radius 1 is 0.800 bits per heavy atom. The number of amides is 1. The third kappa shape index (κ3) is 38.9. The summed E-state index contributed by atoms with van der Waals surface area (Å²) in [7, 11) is 0.241. The number of hydrogen-bond acceptors (Lipinski definition) is 11. The standard InChI is InChI=1S/C13H29NO5Si.C8H17NO2Si.C5H12O3/c1-5-19-20(3,4)12-6-7-14-13(15)18-11-10-17-9-8-16-2;1-4-11-12(2,3)7-5-6-9-8-10;1-7-4-5-8-3-2-6/h5-12H2,1-4H3,(H,14,15);4-7H2,1-3H3;6H,2-5H2,1H3. The minimum Gasteiger partial charge on any atom is -0.447 e. The van der Waals surface area contributed by atoms with Crippen molar-refractivity contribution in [1.82, 2.24) is 5.32 Å². The molecule has 1 amide bonds. The molecule has 240 valence electrons. The number of hydrogen-bond donors (Lipinski definition) is 2. The summed E-state index contributed by atoms with van der Waals surface area (Å²) in [5, 5.41) is 10.9. The van der Waals surface area contributed by atoms with Crippen LogP contribution in [-0.2, 0) is 37.3 Å². The molecule has 0 saturated heterocycles. The van der Waals surface area contributed by atoms with Crippen LogP contribution in [0.1, 0.15) is 26.7 Å². The summed E-state index contributed by atoms with van der Waals surface area (Å²) in [5.74, 6) is 0. The van der Waals surface area contributed by atoms with Gasteiger partial charge in [0.05, 0.1) is 52.8 Å². The summed E-state index contributed by atoms with van der Waals surface area (Å²) in [4.78, 5) is 24.6. The van der Waals surface area contributed by atoms with E-state index >= 15 is 0 Å². The molecule has 0 rings (SSSR count). The normalized spacial score (nSPS) is 10.9. The van der Waals surface area contributed by atoms with E-state index in [-0.39, 0.29) is 13.2 Å². The quantitative estimate of drug-likeness (QED) is 0.0758. The fourth-order valence-electron chi connectivity index (χ4n) is 3.06. The maximum absolute atomic E-state index is 11.3. The number of rotatable bonds is 23. The molecular weight excluding hydrogens is 556 g/mol. The summed E-state index contributed by atoms with van der Waals surface area (Å²) < 4.78 is 35.8. The van der Waals surface area contributed by atoms with Crippen LogP contribution >= 0.6 is 0 Å². The SMILES string of the molecule is CCO[Si](C)(C)CCCN=C=O.CCO[Si](C)(C)CCCNC(=O)OCCOCCOC.COCCOCCO. The van der Waals surface area contributed by atoms with Gasteiger partial charge in [-0.05, 0) is 65.0 Å². The molecule has 0 aliphatic heterocycles. The first-order chi connectivity index (χ1) is 19.1. The Morgan fingerprint density at radius 3 is 1.77 bits per heavy atom. The molecular formula is C26H58N2O10Si2. The van der Waals surface area contributed by atoms with Crippen LogP contribution in [0.25, 0.3) is 0 Å². The number of carbonyl (C=O) groups is 1. The topological polar surface area (TPSA) is 143 Å². The second-order valence-corrected chi connectivity index (χ2v) is 18.2. The monoisotopic (exact) mass is 614 g/mol. The second-order valence-electron chi connectivity index (χ2n) is 9.56. The maximum Gasteiger partial charge on any atom is 0.407 e. The van der Waals surface area contributed by atoms with Crippen molar-refractivity contribution in [2.45, 2.75) is 65.0 Å². The Kier molecular flexibility index (Phi) is 35.0. The summed E-state index contributed by atoms with van der Waals surface area (Å²) in [5.41, 5.74) is 0. The molecule has 0 fully saturated rings. The number of alkyl carbamates (subject to hydrolysis) is 1. The van der Waals surface area contributed by atoms with Gasteiger partial charge in [-0.1, -0.05) is 0 Å². The smallest absolute Gasteiger partial charge is 0.407 e. The van der Waals surface area contributed by atoms with E-state index in [1.807, 2.05) is 13.8 Å². The lowest BCUT2D eigenvalue weighted by molar-refractivity contribution is 0.0421. The molecule has 0 aliphatic carbocycles. The number of aliphatic imine (C=N–C) groups is 1. The van der Waals surface area contributed by atoms with Gasteiger partial charge >= 0.3 is 6.09 Å². The van der Waals surface area contributed by atoms with Gasteiger partial charge in [0.25, 0.3) is 0 Å². The zero-order valence-electron chi connectivity index (χ0n) is 26.4. The number of ether oxygens (including phenoxy) is 5. The number of aliphatic hydroxyl groups excluding tert-OH is 1. The first kappa shape index (κ1) is 43.3. The lowest BCUT2D eigenvalue weighted by Crippen LogP contribution is -2.32. The van der Waals surface area contributed by atoms with E-state index in [1.54, 1.807) is 14.2 Å².